The summed E-state index contributed by atoms with van der Waals surface area (Å²) in [6.45, 7) is 1.34. The molecule has 166 valence electrons. The Bertz CT molecular complexity index is 932. The number of nitrogens with one attached hydrogen (secondary N) is 1. The smallest absolute Gasteiger partial charge is 0.293 e. The first-order valence-electron chi connectivity index (χ1n) is 11.1. The van der Waals surface area contributed by atoms with Crippen molar-refractivity contribution < 1.29 is 9.72 Å². The van der Waals surface area contributed by atoms with Crippen LogP contribution < -0.4 is 16.8 Å². The molecule has 0 saturated heterocycles. The highest BCUT2D eigenvalue weighted by Gasteiger charge is 2.22. The topological polar surface area (TPSA) is 124 Å². The lowest BCUT2D eigenvalue weighted by atomic mass is 9.97. The number of rotatable bonds is 4. The third-order valence-corrected chi connectivity index (χ3v) is 6.29. The van der Waals surface area contributed by atoms with E-state index >= 15 is 0 Å². The molecule has 0 aromatic heterocycles. The van der Waals surface area contributed by atoms with Gasteiger partial charge in [-0.1, -0.05) is 37.8 Å². The zero-order chi connectivity index (χ0) is 22.4. The number of carbonyl (C=O) groups excluding carboxylic acids is 1. The van der Waals surface area contributed by atoms with Crippen molar-refractivity contribution in [2.75, 3.05) is 16.8 Å². The summed E-state index contributed by atoms with van der Waals surface area (Å²) in [4.78, 5) is 21.6. The lowest BCUT2D eigenvalue weighted by Gasteiger charge is -2.11. The molecule has 1 amide bonds. The maximum atomic E-state index is 11.0. The fourth-order valence-electron chi connectivity index (χ4n) is 4.61. The first-order valence-corrected chi connectivity index (χ1v) is 11.1. The molecule has 2 aliphatic carbocycles. The van der Waals surface area contributed by atoms with Crippen molar-refractivity contribution in [3.63, 3.8) is 0 Å². The van der Waals surface area contributed by atoms with Crippen LogP contribution >= 0.6 is 0 Å². The second kappa shape index (κ2) is 10.3. The number of nitrogens with two attached hydrogens (primary N) is 2. The number of nitrogen functional groups attached to an aromatic ring is 2. The van der Waals surface area contributed by atoms with Gasteiger partial charge in [-0.25, -0.2) is 0 Å². The van der Waals surface area contributed by atoms with Crippen LogP contribution in [0.25, 0.3) is 0 Å². The average Bonchev–Trinajstić information content (AvgIpc) is 3.44. The monoisotopic (exact) mass is 424 g/mol. The Labute approximate surface area is 183 Å². The molecule has 0 aliphatic heterocycles. The van der Waals surface area contributed by atoms with Crippen molar-refractivity contribution in [1.82, 2.24) is 0 Å². The summed E-state index contributed by atoms with van der Waals surface area (Å²) < 4.78 is 0. The molecule has 0 atom stereocenters. The van der Waals surface area contributed by atoms with Crippen molar-refractivity contribution in [1.29, 1.82) is 0 Å². The number of hydrogen-bond donors (Lipinski definition) is 3. The molecular weight excluding hydrogens is 392 g/mol. The lowest BCUT2D eigenvalue weighted by Crippen LogP contribution is -2.08. The van der Waals surface area contributed by atoms with E-state index in [1.165, 1.54) is 51.0 Å². The van der Waals surface area contributed by atoms with Gasteiger partial charge in [0.2, 0.25) is 5.91 Å². The molecule has 0 spiro atoms. The van der Waals surface area contributed by atoms with E-state index in [0.717, 1.165) is 30.0 Å². The minimum Gasteiger partial charge on any atom is -0.397 e. The molecule has 7 nitrogen and oxygen atoms in total. The predicted molar refractivity (Wildman–Crippen MR) is 125 cm³/mol. The summed E-state index contributed by atoms with van der Waals surface area (Å²) in [6.07, 6.45) is 9.89. The van der Waals surface area contributed by atoms with Crippen LogP contribution in [0.4, 0.5) is 22.7 Å². The van der Waals surface area contributed by atoms with Gasteiger partial charge in [-0.15, -0.1) is 0 Å². The standard InChI is InChI=1S/C13H16N2O3.C11H16N2/c1-9(16)14-12-7-6-11(8-13(12)15(17)18)10-4-2-3-5-10;12-10-6-5-9(7-11(10)13)8-3-1-2-4-8/h6-8,10H,2-5H2,1H3,(H,14,16);5-8H,1-4,12-13H2. The first kappa shape index (κ1) is 22.6. The maximum absolute atomic E-state index is 11.0. The molecule has 31 heavy (non-hydrogen) atoms. The largest absolute Gasteiger partial charge is 0.397 e. The molecule has 7 heteroatoms. The number of nitro groups is 1. The van der Waals surface area contributed by atoms with Gasteiger partial charge in [0.15, 0.2) is 0 Å². The van der Waals surface area contributed by atoms with Gasteiger partial charge in [-0.05, 0) is 66.8 Å². The van der Waals surface area contributed by atoms with Crippen LogP contribution in [0.1, 0.15) is 81.3 Å². The van der Waals surface area contributed by atoms with E-state index in [0.29, 0.717) is 11.6 Å². The SMILES string of the molecule is CC(=O)Nc1ccc(C2CCCC2)cc1[N+](=O)[O-].Nc1ccc(C2CCCC2)cc1N. The van der Waals surface area contributed by atoms with Gasteiger partial charge in [0.05, 0.1) is 16.3 Å². The van der Waals surface area contributed by atoms with Crippen molar-refractivity contribution >= 4 is 28.7 Å². The highest BCUT2D eigenvalue weighted by atomic mass is 16.6. The van der Waals surface area contributed by atoms with Gasteiger partial charge in [0.25, 0.3) is 5.69 Å². The van der Waals surface area contributed by atoms with E-state index in [2.05, 4.69) is 11.4 Å². The summed E-state index contributed by atoms with van der Waals surface area (Å²) in [5, 5.41) is 13.5. The van der Waals surface area contributed by atoms with E-state index in [1.807, 2.05) is 18.2 Å². The molecule has 2 aromatic carbocycles. The summed E-state index contributed by atoms with van der Waals surface area (Å²) in [5.41, 5.74) is 15.5. The van der Waals surface area contributed by atoms with E-state index in [9.17, 15) is 14.9 Å². The number of carbonyl (C=O) groups is 1. The molecule has 4 rings (SSSR count). The fraction of sp³-hybridized carbons (Fsp3) is 0.458. The third kappa shape index (κ3) is 5.96. The molecule has 2 fully saturated rings. The Morgan fingerprint density at radius 1 is 0.903 bits per heavy atom. The highest BCUT2D eigenvalue weighted by Crippen LogP contribution is 2.37. The second-order valence-corrected chi connectivity index (χ2v) is 8.57. The zero-order valence-corrected chi connectivity index (χ0v) is 18.1. The van der Waals surface area contributed by atoms with Crippen molar-refractivity contribution in [2.45, 2.75) is 70.1 Å². The molecule has 0 unspecified atom stereocenters. The summed E-state index contributed by atoms with van der Waals surface area (Å²) in [7, 11) is 0. The normalized spacial score (nSPS) is 16.5. The Balaban J connectivity index is 0.000000185. The molecule has 2 aromatic rings. The van der Waals surface area contributed by atoms with E-state index in [1.54, 1.807) is 12.1 Å². The van der Waals surface area contributed by atoms with Crippen molar-refractivity contribution in [3.8, 4) is 0 Å². The van der Waals surface area contributed by atoms with Crippen LogP contribution in [0.2, 0.25) is 0 Å². The van der Waals surface area contributed by atoms with Gasteiger partial charge in [0, 0.05) is 13.0 Å². The van der Waals surface area contributed by atoms with Gasteiger partial charge in [0.1, 0.15) is 5.69 Å². The molecule has 0 bridgehead atoms. The Morgan fingerprint density at radius 2 is 1.42 bits per heavy atom. The number of hydrogen-bond acceptors (Lipinski definition) is 5. The third-order valence-electron chi connectivity index (χ3n) is 6.29. The van der Waals surface area contributed by atoms with E-state index < -0.39 is 4.92 Å². The molecule has 2 saturated carbocycles. The van der Waals surface area contributed by atoms with Gasteiger partial charge < -0.3 is 16.8 Å². The zero-order valence-electron chi connectivity index (χ0n) is 18.1. The summed E-state index contributed by atoms with van der Waals surface area (Å²) in [6, 6.07) is 11.2. The van der Waals surface area contributed by atoms with Gasteiger partial charge >= 0.3 is 0 Å². The van der Waals surface area contributed by atoms with E-state index in [-0.39, 0.29) is 17.3 Å². The molecule has 0 radical (unpaired) electrons. The number of anilines is 3. The minimum absolute atomic E-state index is 0.0189. The Kier molecular flexibility index (Phi) is 7.50. The van der Waals surface area contributed by atoms with E-state index in [4.69, 9.17) is 11.5 Å². The molecule has 5 N–H and O–H groups in total. The number of benzene rings is 2. The minimum atomic E-state index is -0.441. The average molecular weight is 425 g/mol. The van der Waals surface area contributed by atoms with Crippen LogP contribution in [0, 0.1) is 10.1 Å². The predicted octanol–water partition coefficient (Wildman–Crippen LogP) is 5.72. The number of nitrogens with zero attached hydrogens (tertiary/aromatic N) is 1. The Morgan fingerprint density at radius 3 is 1.90 bits per heavy atom. The lowest BCUT2D eigenvalue weighted by molar-refractivity contribution is -0.384. The van der Waals surface area contributed by atoms with Gasteiger partial charge in [-0.2, -0.15) is 0 Å². The maximum Gasteiger partial charge on any atom is 0.293 e. The number of nitro benzene ring substituents is 1. The molecule has 0 heterocycles. The fourth-order valence-corrected chi connectivity index (χ4v) is 4.61. The van der Waals surface area contributed by atoms with Crippen LogP contribution in [0.5, 0.6) is 0 Å². The second-order valence-electron chi connectivity index (χ2n) is 8.57. The summed E-state index contributed by atoms with van der Waals surface area (Å²) >= 11 is 0. The summed E-state index contributed by atoms with van der Waals surface area (Å²) in [5.74, 6) is 0.852. The number of amides is 1. The molecular formula is C24H32N4O3. The van der Waals surface area contributed by atoms with Crippen LogP contribution in [-0.2, 0) is 4.79 Å². The quantitative estimate of drug-likeness (QED) is 0.329. The Hall–Kier alpha value is -3.09. The molecule has 2 aliphatic rings. The van der Waals surface area contributed by atoms with Crippen LogP contribution in [-0.4, -0.2) is 10.8 Å². The van der Waals surface area contributed by atoms with Crippen LogP contribution in [0.3, 0.4) is 0 Å². The van der Waals surface area contributed by atoms with Gasteiger partial charge in [-0.3, -0.25) is 14.9 Å². The van der Waals surface area contributed by atoms with Crippen molar-refractivity contribution in [3.05, 3.63) is 57.6 Å². The first-order chi connectivity index (χ1) is 14.8. The highest BCUT2D eigenvalue weighted by molar-refractivity contribution is 5.91. The van der Waals surface area contributed by atoms with Crippen molar-refractivity contribution in [2.24, 2.45) is 0 Å². The van der Waals surface area contributed by atoms with Crippen LogP contribution in [0.15, 0.2) is 36.4 Å².